The Morgan fingerprint density at radius 3 is 3.00 bits per heavy atom. The van der Waals surface area contributed by atoms with Crippen molar-refractivity contribution in [1.29, 1.82) is 0 Å². The summed E-state index contributed by atoms with van der Waals surface area (Å²) in [6.07, 6.45) is 2.34. The van der Waals surface area contributed by atoms with E-state index >= 15 is 0 Å². The van der Waals surface area contributed by atoms with E-state index in [1.807, 2.05) is 42.0 Å². The van der Waals surface area contributed by atoms with Crippen molar-refractivity contribution >= 4 is 28.4 Å². The molecule has 2 atom stereocenters. The van der Waals surface area contributed by atoms with Gasteiger partial charge in [0.1, 0.15) is 6.54 Å². The molecule has 1 aliphatic rings. The minimum atomic E-state index is -0.418. The first-order valence-corrected chi connectivity index (χ1v) is 7.62. The normalized spacial score (nSPS) is 22.7. The van der Waals surface area contributed by atoms with Gasteiger partial charge in [-0.1, -0.05) is 24.6 Å². The number of likely N-dealkylation sites (tertiary alicyclic amines) is 1. The smallest absolute Gasteiger partial charge is 0.242 e. The summed E-state index contributed by atoms with van der Waals surface area (Å²) in [4.78, 5) is 14.2. The van der Waals surface area contributed by atoms with Gasteiger partial charge in [-0.3, -0.25) is 4.79 Å². The molecule has 0 spiro atoms. The van der Waals surface area contributed by atoms with Gasteiger partial charge in [0.15, 0.2) is 0 Å². The number of β-amino-alcohol motifs (C(OH)–C–C–N with tert-alkyl or cyclic N) is 1. The zero-order valence-electron chi connectivity index (χ0n) is 12.0. The van der Waals surface area contributed by atoms with Gasteiger partial charge in [0.2, 0.25) is 5.91 Å². The fraction of sp³-hybridized carbons (Fsp3) is 0.438. The Balaban J connectivity index is 1.76. The average molecular weight is 307 g/mol. The zero-order chi connectivity index (χ0) is 15.0. The Morgan fingerprint density at radius 1 is 1.43 bits per heavy atom. The van der Waals surface area contributed by atoms with Gasteiger partial charge >= 0.3 is 0 Å². The molecule has 1 N–H and O–H groups in total. The van der Waals surface area contributed by atoms with Crippen molar-refractivity contribution in [1.82, 2.24) is 9.47 Å². The number of hydrogen-bond donors (Lipinski definition) is 1. The lowest BCUT2D eigenvalue weighted by Gasteiger charge is -2.34. The van der Waals surface area contributed by atoms with Gasteiger partial charge in [-0.25, -0.2) is 0 Å². The van der Waals surface area contributed by atoms with Crippen LogP contribution in [0.4, 0.5) is 0 Å². The number of hydrogen-bond acceptors (Lipinski definition) is 2. The van der Waals surface area contributed by atoms with Gasteiger partial charge in [-0.15, -0.1) is 0 Å². The average Bonchev–Trinajstić information content (AvgIpc) is 2.84. The van der Waals surface area contributed by atoms with Gasteiger partial charge < -0.3 is 14.6 Å². The van der Waals surface area contributed by atoms with E-state index in [4.69, 9.17) is 11.6 Å². The predicted molar refractivity (Wildman–Crippen MR) is 83.3 cm³/mol. The number of halogens is 1. The van der Waals surface area contributed by atoms with Gasteiger partial charge in [0, 0.05) is 29.8 Å². The summed E-state index contributed by atoms with van der Waals surface area (Å²) in [5, 5.41) is 11.6. The summed E-state index contributed by atoms with van der Waals surface area (Å²) >= 11 is 6.03. The van der Waals surface area contributed by atoms with E-state index in [1.54, 1.807) is 4.90 Å². The number of aliphatic hydroxyl groups excluding tert-OH is 1. The number of fused-ring (bicyclic) bond motifs is 1. The highest BCUT2D eigenvalue weighted by Gasteiger charge is 2.27. The Labute approximate surface area is 128 Å². The van der Waals surface area contributed by atoms with E-state index in [1.165, 1.54) is 0 Å². The fourth-order valence-corrected chi connectivity index (χ4v) is 2.98. The van der Waals surface area contributed by atoms with E-state index in [9.17, 15) is 9.90 Å². The molecule has 5 heteroatoms. The first-order valence-electron chi connectivity index (χ1n) is 7.25. The molecule has 21 heavy (non-hydrogen) atoms. The highest BCUT2D eigenvalue weighted by molar-refractivity contribution is 6.31. The summed E-state index contributed by atoms with van der Waals surface area (Å²) in [6.45, 7) is 3.45. The number of aromatic nitrogens is 1. The van der Waals surface area contributed by atoms with Gasteiger partial charge in [0.25, 0.3) is 0 Å². The van der Waals surface area contributed by atoms with Crippen LogP contribution in [-0.2, 0) is 11.3 Å². The van der Waals surface area contributed by atoms with Crippen LogP contribution in [0, 0.1) is 5.92 Å². The molecule has 0 radical (unpaired) electrons. The molecular formula is C16H19ClN2O2. The van der Waals surface area contributed by atoms with Crippen molar-refractivity contribution in [3.63, 3.8) is 0 Å². The molecule has 1 aromatic carbocycles. The number of carbonyl (C=O) groups excluding carboxylic acids is 1. The lowest BCUT2D eigenvalue weighted by molar-refractivity contribution is -0.136. The van der Waals surface area contributed by atoms with E-state index in [0.29, 0.717) is 11.6 Å². The Kier molecular flexibility index (Phi) is 3.91. The topological polar surface area (TPSA) is 45.5 Å². The van der Waals surface area contributed by atoms with Crippen LogP contribution in [0.25, 0.3) is 10.9 Å². The SMILES string of the molecule is CC1CCN(C(=O)Cn2ccc3ccc(Cl)cc32)CC1O. The van der Waals surface area contributed by atoms with Crippen LogP contribution < -0.4 is 0 Å². The van der Waals surface area contributed by atoms with E-state index in [2.05, 4.69) is 0 Å². The van der Waals surface area contributed by atoms with Crippen LogP contribution in [0.2, 0.25) is 5.02 Å². The van der Waals surface area contributed by atoms with Crippen LogP contribution in [0.3, 0.4) is 0 Å². The maximum atomic E-state index is 12.4. The maximum Gasteiger partial charge on any atom is 0.242 e. The number of piperidine rings is 1. The number of benzene rings is 1. The largest absolute Gasteiger partial charge is 0.391 e. The number of nitrogens with zero attached hydrogens (tertiary/aromatic N) is 2. The molecule has 1 amide bonds. The molecule has 2 heterocycles. The molecule has 2 unspecified atom stereocenters. The van der Waals surface area contributed by atoms with Crippen LogP contribution in [-0.4, -0.2) is 39.7 Å². The van der Waals surface area contributed by atoms with Crippen molar-refractivity contribution in [2.24, 2.45) is 5.92 Å². The molecule has 1 fully saturated rings. The van der Waals surface area contributed by atoms with Crippen LogP contribution >= 0.6 is 11.6 Å². The quantitative estimate of drug-likeness (QED) is 0.926. The van der Waals surface area contributed by atoms with Crippen molar-refractivity contribution in [2.75, 3.05) is 13.1 Å². The molecule has 0 saturated carbocycles. The lowest BCUT2D eigenvalue weighted by atomic mass is 9.96. The number of amides is 1. The van der Waals surface area contributed by atoms with Gasteiger partial charge in [0.05, 0.1) is 6.10 Å². The Morgan fingerprint density at radius 2 is 2.24 bits per heavy atom. The summed E-state index contributed by atoms with van der Waals surface area (Å²) in [6, 6.07) is 7.65. The molecular weight excluding hydrogens is 288 g/mol. The van der Waals surface area contributed by atoms with E-state index in [0.717, 1.165) is 23.9 Å². The van der Waals surface area contributed by atoms with Crippen LogP contribution in [0.5, 0.6) is 0 Å². The number of rotatable bonds is 2. The van der Waals surface area contributed by atoms with Gasteiger partial charge in [-0.2, -0.15) is 0 Å². The van der Waals surface area contributed by atoms with Crippen LogP contribution in [0.1, 0.15) is 13.3 Å². The van der Waals surface area contributed by atoms with E-state index in [-0.39, 0.29) is 18.4 Å². The predicted octanol–water partition coefficient (Wildman–Crippen LogP) is 2.52. The van der Waals surface area contributed by atoms with Crippen molar-refractivity contribution in [3.05, 3.63) is 35.5 Å². The summed E-state index contributed by atoms with van der Waals surface area (Å²) < 4.78 is 1.91. The molecule has 1 aliphatic heterocycles. The summed E-state index contributed by atoms with van der Waals surface area (Å²) in [5.41, 5.74) is 0.960. The fourth-order valence-electron chi connectivity index (χ4n) is 2.82. The highest BCUT2D eigenvalue weighted by atomic mass is 35.5. The zero-order valence-corrected chi connectivity index (χ0v) is 12.8. The van der Waals surface area contributed by atoms with E-state index < -0.39 is 6.10 Å². The Hall–Kier alpha value is -1.52. The minimum Gasteiger partial charge on any atom is -0.391 e. The molecule has 112 valence electrons. The first kappa shape index (κ1) is 14.4. The number of aliphatic hydroxyl groups is 1. The molecule has 1 aromatic heterocycles. The minimum absolute atomic E-state index is 0.0402. The summed E-state index contributed by atoms with van der Waals surface area (Å²) in [7, 11) is 0. The third-order valence-corrected chi connectivity index (χ3v) is 4.55. The second kappa shape index (κ2) is 5.70. The standard InChI is InChI=1S/C16H19ClN2O2/c1-11-4-6-19(9-15(11)20)16(21)10-18-7-5-12-2-3-13(17)8-14(12)18/h2-3,5,7-8,11,15,20H,4,6,9-10H2,1H3. The third kappa shape index (κ3) is 2.92. The van der Waals surface area contributed by atoms with Crippen molar-refractivity contribution in [3.8, 4) is 0 Å². The summed E-state index contributed by atoms with van der Waals surface area (Å²) in [5.74, 6) is 0.304. The second-order valence-electron chi connectivity index (χ2n) is 5.82. The second-order valence-corrected chi connectivity index (χ2v) is 6.26. The highest BCUT2D eigenvalue weighted by Crippen LogP contribution is 2.21. The third-order valence-electron chi connectivity index (χ3n) is 4.31. The molecule has 0 bridgehead atoms. The lowest BCUT2D eigenvalue weighted by Crippen LogP contribution is -2.46. The maximum absolute atomic E-state index is 12.4. The monoisotopic (exact) mass is 306 g/mol. The molecule has 1 saturated heterocycles. The Bertz CT molecular complexity index is 667. The van der Waals surface area contributed by atoms with Crippen molar-refractivity contribution in [2.45, 2.75) is 26.0 Å². The molecule has 2 aromatic rings. The first-order chi connectivity index (χ1) is 10.0. The molecule has 0 aliphatic carbocycles. The van der Waals surface area contributed by atoms with Gasteiger partial charge in [-0.05, 0) is 35.9 Å². The molecule has 4 nitrogen and oxygen atoms in total. The van der Waals surface area contributed by atoms with Crippen molar-refractivity contribution < 1.29 is 9.90 Å². The molecule has 3 rings (SSSR count). The number of carbonyl (C=O) groups is 1. The van der Waals surface area contributed by atoms with Crippen LogP contribution in [0.15, 0.2) is 30.5 Å².